The molecule has 0 bridgehead atoms. The van der Waals surface area contributed by atoms with Crippen molar-refractivity contribution in [2.75, 3.05) is 30.5 Å². The molecule has 222 valence electrons. The second-order valence-corrected chi connectivity index (χ2v) is 9.78. The van der Waals surface area contributed by atoms with Crippen molar-refractivity contribution in [3.63, 3.8) is 0 Å². The quantitative estimate of drug-likeness (QED) is 0.197. The largest absolute Gasteiger partial charge is 0.489 e. The van der Waals surface area contributed by atoms with Gasteiger partial charge in [0.1, 0.15) is 43.5 Å². The summed E-state index contributed by atoms with van der Waals surface area (Å²) in [6.07, 6.45) is 3.87. The summed E-state index contributed by atoms with van der Waals surface area (Å²) >= 11 is 6.48. The van der Waals surface area contributed by atoms with Crippen LogP contribution in [0.15, 0.2) is 73.7 Å². The summed E-state index contributed by atoms with van der Waals surface area (Å²) in [6.45, 7) is 3.24. The molecule has 2 aromatic carbocycles. The molecule has 0 unspecified atom stereocenters. The minimum atomic E-state index is -0.808. The number of nitrogens with one attached hydrogen (secondary N) is 2. The van der Waals surface area contributed by atoms with Gasteiger partial charge < -0.3 is 24.4 Å². The third-order valence-electron chi connectivity index (χ3n) is 6.50. The van der Waals surface area contributed by atoms with E-state index in [0.717, 1.165) is 5.69 Å². The Morgan fingerprint density at radius 1 is 1.12 bits per heavy atom. The number of hydrogen-bond donors (Lipinski definition) is 2. The molecule has 2 amide bonds. The number of nitrogens with zero attached hydrogens (tertiary/aromatic N) is 4. The molecule has 1 fully saturated rings. The number of fused-ring (bicyclic) bond motifs is 1. The SMILES string of the molecule is C=CC(=O)N1CCC[C@@H]1OC(=O)Nc1cc2c(Nc3ccc(OCc4ccccn4)c(Cl)c3)ncnc2cc1OCCF. The molecule has 11 nitrogen and oxygen atoms in total. The monoisotopic (exact) mass is 606 g/mol. The van der Waals surface area contributed by atoms with Gasteiger partial charge in [-0.3, -0.25) is 15.1 Å². The van der Waals surface area contributed by atoms with Crippen LogP contribution in [-0.2, 0) is 16.1 Å². The van der Waals surface area contributed by atoms with Crippen LogP contribution >= 0.6 is 11.6 Å². The molecule has 1 aliphatic rings. The third-order valence-corrected chi connectivity index (χ3v) is 6.80. The van der Waals surface area contributed by atoms with E-state index >= 15 is 0 Å². The number of hydrogen-bond acceptors (Lipinski definition) is 9. The van der Waals surface area contributed by atoms with E-state index in [1.54, 1.807) is 36.5 Å². The van der Waals surface area contributed by atoms with Crippen molar-refractivity contribution < 1.29 is 28.2 Å². The van der Waals surface area contributed by atoms with Crippen LogP contribution in [0.1, 0.15) is 18.5 Å². The van der Waals surface area contributed by atoms with Gasteiger partial charge in [0, 0.05) is 36.3 Å². The van der Waals surface area contributed by atoms with Gasteiger partial charge in [0.2, 0.25) is 5.91 Å². The molecule has 0 aliphatic carbocycles. The van der Waals surface area contributed by atoms with Gasteiger partial charge in [-0.25, -0.2) is 19.2 Å². The van der Waals surface area contributed by atoms with E-state index in [1.165, 1.54) is 17.3 Å². The molecule has 43 heavy (non-hydrogen) atoms. The van der Waals surface area contributed by atoms with Crippen LogP contribution in [0, 0.1) is 0 Å². The van der Waals surface area contributed by atoms with Gasteiger partial charge in [-0.15, -0.1) is 0 Å². The zero-order valence-corrected chi connectivity index (χ0v) is 23.7. The van der Waals surface area contributed by atoms with Crippen LogP contribution in [0.4, 0.5) is 26.4 Å². The minimum absolute atomic E-state index is 0.189. The second-order valence-electron chi connectivity index (χ2n) is 9.37. The molecule has 0 spiro atoms. The first-order valence-electron chi connectivity index (χ1n) is 13.4. The summed E-state index contributed by atoms with van der Waals surface area (Å²) in [6, 6.07) is 13.9. The molecule has 1 atom stereocenters. The van der Waals surface area contributed by atoms with Gasteiger partial charge >= 0.3 is 6.09 Å². The van der Waals surface area contributed by atoms with Crippen LogP contribution in [0.2, 0.25) is 5.02 Å². The second kappa shape index (κ2) is 13.8. The highest BCUT2D eigenvalue weighted by Crippen LogP contribution is 2.35. The molecule has 1 saturated heterocycles. The minimum Gasteiger partial charge on any atom is -0.489 e. The Hall–Kier alpha value is -4.97. The molecule has 0 radical (unpaired) electrons. The number of ether oxygens (including phenoxy) is 3. The van der Waals surface area contributed by atoms with E-state index in [-0.39, 0.29) is 30.6 Å². The van der Waals surface area contributed by atoms with Crippen LogP contribution in [0.25, 0.3) is 10.9 Å². The Balaban J connectivity index is 1.36. The summed E-state index contributed by atoms with van der Waals surface area (Å²) in [7, 11) is 0. The number of carbonyl (C=O) groups is 2. The van der Waals surface area contributed by atoms with Gasteiger partial charge in [0.05, 0.1) is 21.9 Å². The lowest BCUT2D eigenvalue weighted by Gasteiger charge is -2.23. The summed E-state index contributed by atoms with van der Waals surface area (Å²) < 4.78 is 29.8. The summed E-state index contributed by atoms with van der Waals surface area (Å²) in [5, 5.41) is 6.77. The highest BCUT2D eigenvalue weighted by molar-refractivity contribution is 6.32. The normalized spacial score (nSPS) is 14.3. The first-order valence-corrected chi connectivity index (χ1v) is 13.8. The van der Waals surface area contributed by atoms with E-state index in [2.05, 4.69) is 32.2 Å². The van der Waals surface area contributed by atoms with E-state index in [0.29, 0.717) is 52.6 Å². The zero-order chi connectivity index (χ0) is 30.2. The molecule has 4 aromatic rings. The van der Waals surface area contributed by atoms with Gasteiger partial charge in [0.15, 0.2) is 6.23 Å². The van der Waals surface area contributed by atoms with Crippen LogP contribution in [0.5, 0.6) is 11.5 Å². The van der Waals surface area contributed by atoms with Crippen molar-refractivity contribution >= 4 is 51.7 Å². The van der Waals surface area contributed by atoms with E-state index in [4.69, 9.17) is 25.8 Å². The van der Waals surface area contributed by atoms with Crippen LogP contribution in [-0.4, -0.2) is 57.9 Å². The van der Waals surface area contributed by atoms with E-state index in [1.807, 2.05) is 18.2 Å². The number of halogens is 2. The topological polar surface area (TPSA) is 128 Å². The van der Waals surface area contributed by atoms with Gasteiger partial charge in [-0.05, 0) is 48.9 Å². The number of benzene rings is 2. The Bertz CT molecular complexity index is 1630. The summed E-state index contributed by atoms with van der Waals surface area (Å²) in [5.74, 6) is 0.763. The Kier molecular flexibility index (Phi) is 9.47. The van der Waals surface area contributed by atoms with Crippen LogP contribution < -0.4 is 20.1 Å². The third kappa shape index (κ3) is 7.28. The van der Waals surface area contributed by atoms with Gasteiger partial charge in [0.25, 0.3) is 0 Å². The predicted octanol–water partition coefficient (Wildman–Crippen LogP) is 6.03. The van der Waals surface area contributed by atoms with Crippen molar-refractivity contribution in [1.29, 1.82) is 0 Å². The van der Waals surface area contributed by atoms with Crippen molar-refractivity contribution in [1.82, 2.24) is 19.9 Å². The van der Waals surface area contributed by atoms with E-state index < -0.39 is 19.0 Å². The van der Waals surface area contributed by atoms with Crippen molar-refractivity contribution in [2.24, 2.45) is 0 Å². The van der Waals surface area contributed by atoms with Gasteiger partial charge in [-0.2, -0.15) is 0 Å². The maximum atomic E-state index is 13.0. The number of carbonyl (C=O) groups excluding carboxylic acids is 2. The maximum absolute atomic E-state index is 13.0. The number of anilines is 3. The number of pyridine rings is 1. The van der Waals surface area contributed by atoms with Crippen molar-refractivity contribution in [2.45, 2.75) is 25.7 Å². The molecule has 2 N–H and O–H groups in total. The van der Waals surface area contributed by atoms with Crippen molar-refractivity contribution in [3.05, 3.63) is 84.4 Å². The number of likely N-dealkylation sites (tertiary alicyclic amines) is 1. The van der Waals surface area contributed by atoms with E-state index in [9.17, 15) is 14.0 Å². The summed E-state index contributed by atoms with van der Waals surface area (Å²) in [4.78, 5) is 39.3. The highest BCUT2D eigenvalue weighted by atomic mass is 35.5. The molecule has 0 saturated carbocycles. The molecular weight excluding hydrogens is 579 g/mol. The van der Waals surface area contributed by atoms with Crippen LogP contribution in [0.3, 0.4) is 0 Å². The fraction of sp³-hybridized carbons (Fsp3) is 0.233. The highest BCUT2D eigenvalue weighted by Gasteiger charge is 2.30. The summed E-state index contributed by atoms with van der Waals surface area (Å²) in [5.41, 5.74) is 2.07. The predicted molar refractivity (Wildman–Crippen MR) is 159 cm³/mol. The van der Waals surface area contributed by atoms with Crippen molar-refractivity contribution in [3.8, 4) is 11.5 Å². The fourth-order valence-electron chi connectivity index (χ4n) is 4.51. The molecule has 2 aromatic heterocycles. The molecule has 5 rings (SSSR count). The average molecular weight is 607 g/mol. The first kappa shape index (κ1) is 29.5. The molecule has 1 aliphatic heterocycles. The molecular formula is C30H28ClFN6O5. The average Bonchev–Trinajstić information content (AvgIpc) is 3.48. The molecule has 3 heterocycles. The Morgan fingerprint density at radius 3 is 2.77 bits per heavy atom. The molecule has 13 heteroatoms. The first-order chi connectivity index (χ1) is 20.9. The Labute approximate surface area is 251 Å². The lowest BCUT2D eigenvalue weighted by atomic mass is 10.2. The fourth-order valence-corrected chi connectivity index (χ4v) is 4.74. The smallest absolute Gasteiger partial charge is 0.413 e. The standard InChI is InChI=1S/C30H28ClFN6O5/c1-2-27(39)38-12-5-7-28(38)43-30(40)37-24-15-21-23(16-26(24)41-13-10-32)34-18-35-29(21)36-19-8-9-25(22(31)14-19)42-17-20-6-3-4-11-33-20/h2-4,6,8-9,11,14-16,18,28H,1,5,7,10,12-13,17H2,(H,37,40)(H,34,35,36)/t28-/m0/s1. The Morgan fingerprint density at radius 2 is 2.00 bits per heavy atom. The number of aromatic nitrogens is 3. The zero-order valence-electron chi connectivity index (χ0n) is 23.0. The van der Waals surface area contributed by atoms with Gasteiger partial charge in [-0.1, -0.05) is 24.2 Å². The maximum Gasteiger partial charge on any atom is 0.413 e. The lowest BCUT2D eigenvalue weighted by Crippen LogP contribution is -2.38. The number of alkyl halides is 1. The lowest BCUT2D eigenvalue weighted by molar-refractivity contribution is -0.132. The number of rotatable bonds is 11. The number of amides is 2.